The van der Waals surface area contributed by atoms with Crippen LogP contribution in [0.2, 0.25) is 0 Å². The second-order valence-corrected chi connectivity index (χ2v) is 6.19. The van der Waals surface area contributed by atoms with Gasteiger partial charge in [0.25, 0.3) is 0 Å². The molecule has 2 aromatic carbocycles. The maximum absolute atomic E-state index is 5.08. The third kappa shape index (κ3) is 3.12. The van der Waals surface area contributed by atoms with Gasteiger partial charge in [-0.05, 0) is 47.6 Å². The van der Waals surface area contributed by atoms with Gasteiger partial charge < -0.3 is 10.1 Å². The van der Waals surface area contributed by atoms with Crippen molar-refractivity contribution in [2.75, 3.05) is 26.8 Å². The van der Waals surface area contributed by atoms with Crippen molar-refractivity contribution in [3.05, 3.63) is 48.0 Å². The lowest BCUT2D eigenvalue weighted by molar-refractivity contribution is 0.192. The third-order valence-electron chi connectivity index (χ3n) is 4.94. The van der Waals surface area contributed by atoms with Gasteiger partial charge in [0.05, 0.1) is 6.61 Å². The van der Waals surface area contributed by atoms with Crippen LogP contribution in [0.3, 0.4) is 0 Å². The van der Waals surface area contributed by atoms with Crippen molar-refractivity contribution in [2.45, 2.75) is 31.1 Å². The van der Waals surface area contributed by atoms with E-state index in [1.807, 2.05) is 0 Å². The molecule has 0 heterocycles. The van der Waals surface area contributed by atoms with E-state index in [4.69, 9.17) is 4.74 Å². The van der Waals surface area contributed by atoms with E-state index in [0.717, 1.165) is 19.7 Å². The van der Waals surface area contributed by atoms with E-state index in [0.29, 0.717) is 5.41 Å². The number of benzene rings is 2. The Hall–Kier alpha value is -1.38. The molecule has 0 spiro atoms. The van der Waals surface area contributed by atoms with Crippen LogP contribution in [0.15, 0.2) is 42.5 Å². The summed E-state index contributed by atoms with van der Waals surface area (Å²) in [6.07, 6.45) is 5.26. The summed E-state index contributed by atoms with van der Waals surface area (Å²) in [6.45, 7) is 2.82. The Labute approximate surface area is 127 Å². The highest BCUT2D eigenvalue weighted by Crippen LogP contribution is 2.46. The molecule has 1 aliphatic carbocycles. The van der Waals surface area contributed by atoms with Crippen LogP contribution in [0.5, 0.6) is 0 Å². The maximum Gasteiger partial charge on any atom is 0.0587 e. The van der Waals surface area contributed by atoms with Gasteiger partial charge in [-0.2, -0.15) is 0 Å². The van der Waals surface area contributed by atoms with E-state index in [1.54, 1.807) is 7.11 Å². The third-order valence-corrected chi connectivity index (χ3v) is 4.94. The smallest absolute Gasteiger partial charge is 0.0587 e. The number of hydrogen-bond acceptors (Lipinski definition) is 2. The van der Waals surface area contributed by atoms with Crippen LogP contribution in [-0.4, -0.2) is 26.8 Å². The SMILES string of the molecule is COCCNCCC1(c2ccc3ccccc3c2)CCC1. The van der Waals surface area contributed by atoms with Crippen LogP contribution in [0.4, 0.5) is 0 Å². The molecule has 2 heteroatoms. The normalized spacial score (nSPS) is 16.8. The lowest BCUT2D eigenvalue weighted by atomic mass is 9.62. The van der Waals surface area contributed by atoms with E-state index in [1.165, 1.54) is 42.0 Å². The molecular formula is C19H25NO. The Morgan fingerprint density at radius 2 is 1.86 bits per heavy atom. The minimum absolute atomic E-state index is 0.407. The van der Waals surface area contributed by atoms with Crippen molar-refractivity contribution >= 4 is 10.8 Å². The fourth-order valence-corrected chi connectivity index (χ4v) is 3.43. The standard InChI is InChI=1S/C19H25NO/c1-21-14-13-20-12-11-19(9-4-10-19)18-8-7-16-5-2-3-6-17(16)15-18/h2-3,5-8,15,20H,4,9-14H2,1H3. The highest BCUT2D eigenvalue weighted by Gasteiger charge is 2.37. The maximum atomic E-state index is 5.08. The van der Waals surface area contributed by atoms with Gasteiger partial charge in [-0.25, -0.2) is 0 Å². The molecule has 0 aromatic heterocycles. The number of rotatable bonds is 7. The van der Waals surface area contributed by atoms with E-state index in [2.05, 4.69) is 47.8 Å². The summed E-state index contributed by atoms with van der Waals surface area (Å²) < 4.78 is 5.08. The predicted octanol–water partition coefficient (Wildman–Crippen LogP) is 3.89. The van der Waals surface area contributed by atoms with Gasteiger partial charge >= 0.3 is 0 Å². The first kappa shape index (κ1) is 14.6. The minimum atomic E-state index is 0.407. The quantitative estimate of drug-likeness (QED) is 0.778. The molecule has 1 aliphatic rings. The first-order valence-electron chi connectivity index (χ1n) is 8.03. The predicted molar refractivity (Wildman–Crippen MR) is 88.8 cm³/mol. The first-order chi connectivity index (χ1) is 10.3. The number of hydrogen-bond donors (Lipinski definition) is 1. The van der Waals surface area contributed by atoms with Gasteiger partial charge in [0.2, 0.25) is 0 Å². The number of ether oxygens (including phenoxy) is 1. The molecule has 3 rings (SSSR count). The van der Waals surface area contributed by atoms with Crippen molar-refractivity contribution in [1.82, 2.24) is 5.32 Å². The molecule has 0 radical (unpaired) electrons. The zero-order valence-electron chi connectivity index (χ0n) is 12.9. The van der Waals surface area contributed by atoms with Gasteiger partial charge in [0.1, 0.15) is 0 Å². The fraction of sp³-hybridized carbons (Fsp3) is 0.474. The minimum Gasteiger partial charge on any atom is -0.383 e. The summed E-state index contributed by atoms with van der Waals surface area (Å²) >= 11 is 0. The Bertz CT molecular complexity index is 589. The molecule has 21 heavy (non-hydrogen) atoms. The Morgan fingerprint density at radius 1 is 1.05 bits per heavy atom. The van der Waals surface area contributed by atoms with Gasteiger partial charge in [-0.15, -0.1) is 0 Å². The summed E-state index contributed by atoms with van der Waals surface area (Å²) in [6, 6.07) is 15.7. The van der Waals surface area contributed by atoms with Gasteiger partial charge in [-0.3, -0.25) is 0 Å². The van der Waals surface area contributed by atoms with Crippen LogP contribution in [0.1, 0.15) is 31.2 Å². The average molecular weight is 283 g/mol. The number of fused-ring (bicyclic) bond motifs is 1. The molecule has 2 nitrogen and oxygen atoms in total. The lowest BCUT2D eigenvalue weighted by Crippen LogP contribution is -2.37. The van der Waals surface area contributed by atoms with Crippen molar-refractivity contribution in [3.63, 3.8) is 0 Å². The fourth-order valence-electron chi connectivity index (χ4n) is 3.43. The Morgan fingerprint density at radius 3 is 2.57 bits per heavy atom. The molecule has 1 fully saturated rings. The zero-order chi connectivity index (χ0) is 14.5. The van der Waals surface area contributed by atoms with Crippen molar-refractivity contribution in [2.24, 2.45) is 0 Å². The topological polar surface area (TPSA) is 21.3 Å². The van der Waals surface area contributed by atoms with Gasteiger partial charge in [0, 0.05) is 13.7 Å². The zero-order valence-corrected chi connectivity index (χ0v) is 12.9. The molecule has 1 saturated carbocycles. The van der Waals surface area contributed by atoms with Crippen LogP contribution in [0, 0.1) is 0 Å². The summed E-state index contributed by atoms with van der Waals surface area (Å²) in [4.78, 5) is 0. The van der Waals surface area contributed by atoms with Gasteiger partial charge in [0.15, 0.2) is 0 Å². The summed E-state index contributed by atoms with van der Waals surface area (Å²) in [5, 5.41) is 6.20. The van der Waals surface area contributed by atoms with Crippen LogP contribution >= 0.6 is 0 Å². The van der Waals surface area contributed by atoms with E-state index in [-0.39, 0.29) is 0 Å². The number of methoxy groups -OCH3 is 1. The van der Waals surface area contributed by atoms with E-state index >= 15 is 0 Å². The number of nitrogens with one attached hydrogen (secondary N) is 1. The molecular weight excluding hydrogens is 258 g/mol. The molecule has 1 N–H and O–H groups in total. The van der Waals surface area contributed by atoms with Crippen molar-refractivity contribution in [3.8, 4) is 0 Å². The van der Waals surface area contributed by atoms with Crippen LogP contribution < -0.4 is 5.32 Å². The second-order valence-electron chi connectivity index (χ2n) is 6.19. The molecule has 0 amide bonds. The molecule has 0 saturated heterocycles. The average Bonchev–Trinajstić information content (AvgIpc) is 2.49. The largest absolute Gasteiger partial charge is 0.383 e. The summed E-state index contributed by atoms with van der Waals surface area (Å²) in [7, 11) is 1.75. The molecule has 0 unspecified atom stereocenters. The van der Waals surface area contributed by atoms with E-state index in [9.17, 15) is 0 Å². The molecule has 0 atom stereocenters. The molecule has 0 bridgehead atoms. The van der Waals surface area contributed by atoms with E-state index < -0.39 is 0 Å². The Balaban J connectivity index is 1.71. The molecule has 2 aromatic rings. The monoisotopic (exact) mass is 283 g/mol. The van der Waals surface area contributed by atoms with Gasteiger partial charge in [-0.1, -0.05) is 48.9 Å². The first-order valence-corrected chi connectivity index (χ1v) is 8.03. The highest BCUT2D eigenvalue weighted by atomic mass is 16.5. The summed E-state index contributed by atoms with van der Waals surface area (Å²) in [5.41, 5.74) is 1.94. The molecule has 112 valence electrons. The lowest BCUT2D eigenvalue weighted by Gasteiger charge is -2.43. The molecule has 0 aliphatic heterocycles. The highest BCUT2D eigenvalue weighted by molar-refractivity contribution is 5.83. The van der Waals surface area contributed by atoms with Crippen LogP contribution in [0.25, 0.3) is 10.8 Å². The van der Waals surface area contributed by atoms with Crippen molar-refractivity contribution < 1.29 is 4.74 Å². The Kier molecular flexibility index (Phi) is 4.57. The van der Waals surface area contributed by atoms with Crippen molar-refractivity contribution in [1.29, 1.82) is 0 Å². The van der Waals surface area contributed by atoms with Crippen LogP contribution in [-0.2, 0) is 10.2 Å². The second kappa shape index (κ2) is 6.59. The summed E-state index contributed by atoms with van der Waals surface area (Å²) in [5.74, 6) is 0.